The largest absolute Gasteiger partial charge is 0.352 e. The Morgan fingerprint density at radius 2 is 1.91 bits per heavy atom. The average Bonchev–Trinajstić information content (AvgIpc) is 3.33. The van der Waals surface area contributed by atoms with E-state index in [1.165, 1.54) is 36.5 Å². The smallest absolute Gasteiger partial charge is 0.280 e. The molecule has 1 amide bonds. The number of hydrogen-bond acceptors (Lipinski definition) is 4. The number of amides is 1. The molecule has 32 heavy (non-hydrogen) atoms. The van der Waals surface area contributed by atoms with Gasteiger partial charge in [-0.1, -0.05) is 0 Å². The molecule has 4 rings (SSSR count). The Balaban J connectivity index is 1.56. The molecule has 0 saturated heterocycles. The Labute approximate surface area is 181 Å². The summed E-state index contributed by atoms with van der Waals surface area (Å²) in [5, 5.41) is 11.1. The summed E-state index contributed by atoms with van der Waals surface area (Å²) < 4.78 is 43.4. The van der Waals surface area contributed by atoms with Crippen LogP contribution in [0, 0.1) is 19.7 Å². The van der Waals surface area contributed by atoms with E-state index in [0.29, 0.717) is 25.1 Å². The number of hydrogen-bond donors (Lipinski definition) is 1. The molecule has 1 N–H and O–H groups in total. The number of alkyl halides is 2. The second-order valence-corrected chi connectivity index (χ2v) is 7.43. The number of aromatic nitrogens is 5. The second kappa shape index (κ2) is 8.81. The highest BCUT2D eigenvalue weighted by Crippen LogP contribution is 2.27. The number of halogens is 3. The molecule has 166 valence electrons. The van der Waals surface area contributed by atoms with Crippen LogP contribution in [-0.2, 0) is 6.54 Å². The zero-order valence-corrected chi connectivity index (χ0v) is 17.5. The van der Waals surface area contributed by atoms with E-state index in [2.05, 4.69) is 20.5 Å². The third-order valence-corrected chi connectivity index (χ3v) is 5.04. The molecule has 0 aliphatic rings. The van der Waals surface area contributed by atoms with Crippen molar-refractivity contribution in [3.05, 3.63) is 71.1 Å². The van der Waals surface area contributed by atoms with Crippen molar-refractivity contribution in [2.75, 3.05) is 6.54 Å². The van der Waals surface area contributed by atoms with Crippen LogP contribution in [0.3, 0.4) is 0 Å². The SMILES string of the molecule is Cc1cc(C)n(CCCNC(=O)c2cnn3c(C(F)F)cc(-c4ccc(F)cc4)nc23)n1. The van der Waals surface area contributed by atoms with Gasteiger partial charge in [0, 0.05) is 24.3 Å². The van der Waals surface area contributed by atoms with Crippen molar-refractivity contribution in [2.45, 2.75) is 33.2 Å². The van der Waals surface area contributed by atoms with Crippen LogP contribution in [0.2, 0.25) is 0 Å². The van der Waals surface area contributed by atoms with Gasteiger partial charge in [-0.2, -0.15) is 10.2 Å². The van der Waals surface area contributed by atoms with Gasteiger partial charge in [0.05, 0.1) is 17.6 Å². The summed E-state index contributed by atoms with van der Waals surface area (Å²) in [6.45, 7) is 4.88. The minimum absolute atomic E-state index is 0.0122. The van der Waals surface area contributed by atoms with E-state index < -0.39 is 23.8 Å². The molecule has 3 heterocycles. The Bertz CT molecular complexity index is 1260. The van der Waals surface area contributed by atoms with E-state index >= 15 is 0 Å². The topological polar surface area (TPSA) is 77.1 Å². The summed E-state index contributed by atoms with van der Waals surface area (Å²) in [5.74, 6) is -0.911. The summed E-state index contributed by atoms with van der Waals surface area (Å²) in [4.78, 5) is 17.1. The quantitative estimate of drug-likeness (QED) is 0.437. The van der Waals surface area contributed by atoms with Crippen molar-refractivity contribution in [1.82, 2.24) is 29.7 Å². The van der Waals surface area contributed by atoms with Crippen LogP contribution < -0.4 is 5.32 Å². The Kier molecular flexibility index (Phi) is 5.93. The molecule has 0 saturated carbocycles. The van der Waals surface area contributed by atoms with Crippen molar-refractivity contribution >= 4 is 11.6 Å². The lowest BCUT2D eigenvalue weighted by Gasteiger charge is -2.09. The molecule has 10 heteroatoms. The van der Waals surface area contributed by atoms with E-state index in [1.54, 1.807) is 0 Å². The molecule has 3 aromatic heterocycles. The lowest BCUT2D eigenvalue weighted by Crippen LogP contribution is -2.25. The molecule has 1 aromatic carbocycles. The molecule has 7 nitrogen and oxygen atoms in total. The highest BCUT2D eigenvalue weighted by Gasteiger charge is 2.21. The van der Waals surface area contributed by atoms with Crippen molar-refractivity contribution in [1.29, 1.82) is 0 Å². The minimum Gasteiger partial charge on any atom is -0.352 e. The predicted octanol–water partition coefficient (Wildman–Crippen LogP) is 4.11. The molecule has 0 aliphatic carbocycles. The predicted molar refractivity (Wildman–Crippen MR) is 112 cm³/mol. The number of carbonyl (C=O) groups excluding carboxylic acids is 1. The maximum Gasteiger partial charge on any atom is 0.280 e. The summed E-state index contributed by atoms with van der Waals surface area (Å²) in [6, 6.07) is 8.49. The van der Waals surface area contributed by atoms with E-state index in [1.807, 2.05) is 24.6 Å². The molecule has 4 aromatic rings. The van der Waals surface area contributed by atoms with Crippen LogP contribution in [-0.4, -0.2) is 36.8 Å². The minimum atomic E-state index is -2.84. The number of benzene rings is 1. The molecule has 0 atom stereocenters. The number of fused-ring (bicyclic) bond motifs is 1. The molecule has 0 spiro atoms. The summed E-state index contributed by atoms with van der Waals surface area (Å²) in [6.07, 6.45) is -0.973. The number of rotatable bonds is 7. The van der Waals surface area contributed by atoms with Crippen molar-refractivity contribution in [3.63, 3.8) is 0 Å². The van der Waals surface area contributed by atoms with Gasteiger partial charge in [-0.3, -0.25) is 9.48 Å². The molecule has 0 radical (unpaired) electrons. The van der Waals surface area contributed by atoms with Crippen LogP contribution in [0.1, 0.15) is 40.3 Å². The fourth-order valence-electron chi connectivity index (χ4n) is 3.50. The summed E-state index contributed by atoms with van der Waals surface area (Å²) in [7, 11) is 0. The van der Waals surface area contributed by atoms with Gasteiger partial charge < -0.3 is 5.32 Å². The first-order valence-corrected chi connectivity index (χ1v) is 10.1. The van der Waals surface area contributed by atoms with Crippen molar-refractivity contribution < 1.29 is 18.0 Å². The van der Waals surface area contributed by atoms with Gasteiger partial charge in [-0.25, -0.2) is 22.7 Å². The van der Waals surface area contributed by atoms with Gasteiger partial charge in [0.25, 0.3) is 12.3 Å². The third kappa shape index (κ3) is 4.34. The number of carbonyl (C=O) groups is 1. The van der Waals surface area contributed by atoms with E-state index in [9.17, 15) is 18.0 Å². The maximum atomic E-state index is 13.7. The van der Waals surface area contributed by atoms with Crippen LogP contribution in [0.4, 0.5) is 13.2 Å². The molecule has 0 fully saturated rings. The van der Waals surface area contributed by atoms with Gasteiger partial charge in [-0.15, -0.1) is 0 Å². The fourth-order valence-corrected chi connectivity index (χ4v) is 3.50. The van der Waals surface area contributed by atoms with Crippen LogP contribution in [0.15, 0.2) is 42.6 Å². The molecular weight excluding hydrogens is 421 g/mol. The summed E-state index contributed by atoms with van der Waals surface area (Å²) in [5.41, 5.74) is 2.31. The standard InChI is InChI=1S/C22H21F3N6O/c1-13-10-14(2)30(29-13)9-3-8-26-22(32)17-12-27-31-19(20(24)25)11-18(28-21(17)31)15-4-6-16(23)7-5-15/h4-7,10-12,20H,3,8-9H2,1-2H3,(H,26,32). The van der Waals surface area contributed by atoms with E-state index in [4.69, 9.17) is 0 Å². The van der Waals surface area contributed by atoms with Gasteiger partial charge >= 0.3 is 0 Å². The van der Waals surface area contributed by atoms with Crippen molar-refractivity contribution in [3.8, 4) is 11.3 Å². The van der Waals surface area contributed by atoms with Gasteiger partial charge in [0.15, 0.2) is 5.65 Å². The highest BCUT2D eigenvalue weighted by atomic mass is 19.3. The van der Waals surface area contributed by atoms with Gasteiger partial charge in [0.1, 0.15) is 17.1 Å². The molecule has 0 bridgehead atoms. The monoisotopic (exact) mass is 442 g/mol. The fraction of sp³-hybridized carbons (Fsp3) is 0.273. The molecular formula is C22H21F3N6O. The zero-order valence-electron chi connectivity index (χ0n) is 17.5. The third-order valence-electron chi connectivity index (χ3n) is 5.04. The lowest BCUT2D eigenvalue weighted by atomic mass is 10.1. The van der Waals surface area contributed by atoms with Gasteiger partial charge in [0.2, 0.25) is 0 Å². The second-order valence-electron chi connectivity index (χ2n) is 7.43. The average molecular weight is 442 g/mol. The van der Waals surface area contributed by atoms with Gasteiger partial charge in [-0.05, 0) is 56.7 Å². The number of aryl methyl sites for hydroxylation is 3. The first-order chi connectivity index (χ1) is 15.3. The van der Waals surface area contributed by atoms with Crippen LogP contribution >= 0.6 is 0 Å². The number of nitrogens with one attached hydrogen (secondary N) is 1. The Hall–Kier alpha value is -3.69. The molecule has 0 unspecified atom stereocenters. The summed E-state index contributed by atoms with van der Waals surface area (Å²) >= 11 is 0. The normalized spacial score (nSPS) is 11.4. The van der Waals surface area contributed by atoms with Crippen LogP contribution in [0.5, 0.6) is 0 Å². The van der Waals surface area contributed by atoms with E-state index in [0.717, 1.165) is 15.9 Å². The zero-order chi connectivity index (χ0) is 22.8. The first kappa shape index (κ1) is 21.5. The Morgan fingerprint density at radius 1 is 1.16 bits per heavy atom. The number of nitrogens with zero attached hydrogens (tertiary/aromatic N) is 5. The maximum absolute atomic E-state index is 13.7. The first-order valence-electron chi connectivity index (χ1n) is 10.1. The van der Waals surface area contributed by atoms with Crippen LogP contribution in [0.25, 0.3) is 16.9 Å². The Morgan fingerprint density at radius 3 is 2.56 bits per heavy atom. The highest BCUT2D eigenvalue weighted by molar-refractivity contribution is 5.99. The van der Waals surface area contributed by atoms with E-state index in [-0.39, 0.29) is 16.9 Å². The van der Waals surface area contributed by atoms with Crippen molar-refractivity contribution in [2.24, 2.45) is 0 Å². The lowest BCUT2D eigenvalue weighted by molar-refractivity contribution is 0.0953. The molecule has 0 aliphatic heterocycles.